The van der Waals surface area contributed by atoms with E-state index in [-0.39, 0.29) is 5.91 Å². The van der Waals surface area contributed by atoms with Gasteiger partial charge in [-0.3, -0.25) is 9.78 Å². The highest BCUT2D eigenvalue weighted by Gasteiger charge is 2.43. The maximum Gasteiger partial charge on any atom is 0.272 e. The Morgan fingerprint density at radius 3 is 2.39 bits per heavy atom. The summed E-state index contributed by atoms with van der Waals surface area (Å²) >= 11 is 0. The Hall–Kier alpha value is -2.89. The third-order valence-corrected chi connectivity index (χ3v) is 6.03. The fraction of sp³-hybridized carbons (Fsp3) is 0.409. The molecular formula is C22H25N5O. The van der Waals surface area contributed by atoms with Crippen LogP contribution >= 0.6 is 0 Å². The number of pyridine rings is 1. The van der Waals surface area contributed by atoms with E-state index < -0.39 is 0 Å². The van der Waals surface area contributed by atoms with Crippen LogP contribution in [0.5, 0.6) is 0 Å². The maximum absolute atomic E-state index is 12.7. The summed E-state index contributed by atoms with van der Waals surface area (Å²) in [6.45, 7) is 7.93. The molecule has 0 spiro atoms. The van der Waals surface area contributed by atoms with Gasteiger partial charge >= 0.3 is 0 Å². The third kappa shape index (κ3) is 2.75. The number of amides is 1. The van der Waals surface area contributed by atoms with Crippen LogP contribution in [0.15, 0.2) is 48.7 Å². The van der Waals surface area contributed by atoms with Gasteiger partial charge in [-0.1, -0.05) is 18.2 Å². The van der Waals surface area contributed by atoms with Crippen molar-refractivity contribution in [2.75, 3.05) is 31.1 Å². The summed E-state index contributed by atoms with van der Waals surface area (Å²) in [4.78, 5) is 26.3. The second-order valence-corrected chi connectivity index (χ2v) is 8.21. The number of fused-ring (bicyclic) bond motifs is 2. The molecule has 0 saturated carbocycles. The SMILES string of the molecule is CC(C)n1c(N2CC3CN(C(=O)c4ccccn4)CC3C2)nc2ccccc21. The average molecular weight is 375 g/mol. The van der Waals surface area contributed by atoms with E-state index in [4.69, 9.17) is 4.98 Å². The lowest BCUT2D eigenvalue weighted by Gasteiger charge is -2.24. The van der Waals surface area contributed by atoms with Gasteiger partial charge in [0.2, 0.25) is 5.95 Å². The Kier molecular flexibility index (Phi) is 4.07. The van der Waals surface area contributed by atoms with Crippen molar-refractivity contribution >= 4 is 22.9 Å². The van der Waals surface area contributed by atoms with Crippen LogP contribution in [-0.2, 0) is 0 Å². The van der Waals surface area contributed by atoms with Gasteiger partial charge in [-0.2, -0.15) is 0 Å². The van der Waals surface area contributed by atoms with Crippen molar-refractivity contribution in [1.82, 2.24) is 19.4 Å². The van der Waals surface area contributed by atoms with E-state index in [2.05, 4.69) is 46.5 Å². The van der Waals surface area contributed by atoms with Gasteiger partial charge in [-0.25, -0.2) is 4.98 Å². The van der Waals surface area contributed by atoms with Crippen LogP contribution in [0.1, 0.15) is 30.4 Å². The first-order valence-electron chi connectivity index (χ1n) is 10.0. The Balaban J connectivity index is 1.36. The van der Waals surface area contributed by atoms with Gasteiger partial charge in [0.15, 0.2) is 0 Å². The number of carbonyl (C=O) groups is 1. The fourth-order valence-electron chi connectivity index (χ4n) is 4.74. The van der Waals surface area contributed by atoms with Crippen LogP contribution < -0.4 is 4.90 Å². The molecule has 3 aromatic rings. The van der Waals surface area contributed by atoms with Crippen LogP contribution in [0.2, 0.25) is 0 Å². The minimum Gasteiger partial charge on any atom is -0.342 e. The highest BCUT2D eigenvalue weighted by Crippen LogP contribution is 2.36. The monoisotopic (exact) mass is 375 g/mol. The summed E-state index contributed by atoms with van der Waals surface area (Å²) in [7, 11) is 0. The molecule has 0 bridgehead atoms. The van der Waals surface area contributed by atoms with Gasteiger partial charge in [-0.15, -0.1) is 0 Å². The number of carbonyl (C=O) groups excluding carboxylic acids is 1. The summed E-state index contributed by atoms with van der Waals surface area (Å²) in [5, 5.41) is 0. The molecule has 2 saturated heterocycles. The highest BCUT2D eigenvalue weighted by atomic mass is 16.2. The summed E-state index contributed by atoms with van der Waals surface area (Å²) in [5.74, 6) is 2.10. The molecule has 5 rings (SSSR count). The van der Waals surface area contributed by atoms with Gasteiger partial charge in [0.25, 0.3) is 5.91 Å². The number of benzene rings is 1. The predicted octanol–water partition coefficient (Wildman–Crippen LogP) is 3.22. The molecule has 2 aliphatic heterocycles. The number of nitrogens with zero attached hydrogens (tertiary/aromatic N) is 5. The van der Waals surface area contributed by atoms with Crippen LogP contribution in [0, 0.1) is 11.8 Å². The standard InChI is InChI=1S/C22H25N5O/c1-15(2)27-20-9-4-3-7-18(20)24-22(27)26-13-16-11-25(12-17(16)14-26)21(28)19-8-5-6-10-23-19/h3-10,15-17H,11-14H2,1-2H3. The molecule has 2 atom stereocenters. The number of imidazole rings is 1. The zero-order valence-electron chi connectivity index (χ0n) is 16.3. The van der Waals surface area contributed by atoms with Crippen molar-refractivity contribution in [2.24, 2.45) is 11.8 Å². The van der Waals surface area contributed by atoms with E-state index >= 15 is 0 Å². The molecule has 144 valence electrons. The topological polar surface area (TPSA) is 54.3 Å². The maximum atomic E-state index is 12.7. The number of hydrogen-bond acceptors (Lipinski definition) is 4. The Morgan fingerprint density at radius 1 is 1.00 bits per heavy atom. The smallest absolute Gasteiger partial charge is 0.272 e. The lowest BCUT2D eigenvalue weighted by molar-refractivity contribution is 0.0776. The van der Waals surface area contributed by atoms with E-state index in [1.54, 1.807) is 12.3 Å². The molecule has 2 fully saturated rings. The number of para-hydroxylation sites is 2. The minimum absolute atomic E-state index is 0.0518. The van der Waals surface area contributed by atoms with E-state index in [1.807, 2.05) is 23.1 Å². The molecule has 6 heteroatoms. The first-order chi connectivity index (χ1) is 13.6. The summed E-state index contributed by atoms with van der Waals surface area (Å²) in [5.41, 5.74) is 2.78. The second-order valence-electron chi connectivity index (χ2n) is 8.21. The third-order valence-electron chi connectivity index (χ3n) is 6.03. The van der Waals surface area contributed by atoms with E-state index in [0.29, 0.717) is 23.6 Å². The molecule has 0 radical (unpaired) electrons. The van der Waals surface area contributed by atoms with Crippen molar-refractivity contribution in [3.63, 3.8) is 0 Å². The zero-order valence-corrected chi connectivity index (χ0v) is 16.3. The van der Waals surface area contributed by atoms with E-state index in [0.717, 1.165) is 37.6 Å². The normalized spacial score (nSPS) is 21.7. The zero-order chi connectivity index (χ0) is 19.3. The number of anilines is 1. The highest BCUT2D eigenvalue weighted by molar-refractivity contribution is 5.92. The van der Waals surface area contributed by atoms with Gasteiger partial charge in [0, 0.05) is 50.3 Å². The van der Waals surface area contributed by atoms with Gasteiger partial charge in [-0.05, 0) is 38.1 Å². The molecule has 2 unspecified atom stereocenters. The van der Waals surface area contributed by atoms with Gasteiger partial charge in [0.05, 0.1) is 11.0 Å². The molecule has 2 aromatic heterocycles. The van der Waals surface area contributed by atoms with E-state index in [9.17, 15) is 4.79 Å². The molecule has 28 heavy (non-hydrogen) atoms. The van der Waals surface area contributed by atoms with Gasteiger partial charge in [0.1, 0.15) is 5.69 Å². The van der Waals surface area contributed by atoms with Crippen molar-refractivity contribution in [1.29, 1.82) is 0 Å². The predicted molar refractivity (Wildman–Crippen MR) is 109 cm³/mol. The Morgan fingerprint density at radius 2 is 1.71 bits per heavy atom. The van der Waals surface area contributed by atoms with Crippen LogP contribution in [0.25, 0.3) is 11.0 Å². The first-order valence-corrected chi connectivity index (χ1v) is 10.0. The number of rotatable bonds is 3. The summed E-state index contributed by atoms with van der Waals surface area (Å²) < 4.78 is 2.34. The molecule has 6 nitrogen and oxygen atoms in total. The van der Waals surface area contributed by atoms with Crippen molar-refractivity contribution in [3.05, 3.63) is 54.4 Å². The molecular weight excluding hydrogens is 350 g/mol. The number of aromatic nitrogens is 3. The van der Waals surface area contributed by atoms with Crippen molar-refractivity contribution < 1.29 is 4.79 Å². The largest absolute Gasteiger partial charge is 0.342 e. The molecule has 4 heterocycles. The molecule has 1 aromatic carbocycles. The molecule has 1 amide bonds. The quantitative estimate of drug-likeness (QED) is 0.705. The molecule has 0 aliphatic carbocycles. The molecule has 0 N–H and O–H groups in total. The Bertz CT molecular complexity index is 998. The van der Waals surface area contributed by atoms with Crippen LogP contribution in [0.4, 0.5) is 5.95 Å². The van der Waals surface area contributed by atoms with Gasteiger partial charge < -0.3 is 14.4 Å². The minimum atomic E-state index is 0.0518. The summed E-state index contributed by atoms with van der Waals surface area (Å²) in [6.07, 6.45) is 1.68. The second kappa shape index (κ2) is 6.62. The van der Waals surface area contributed by atoms with Crippen molar-refractivity contribution in [3.8, 4) is 0 Å². The van der Waals surface area contributed by atoms with Crippen molar-refractivity contribution in [2.45, 2.75) is 19.9 Å². The Labute approximate surface area is 164 Å². The fourth-order valence-corrected chi connectivity index (χ4v) is 4.74. The lowest BCUT2D eigenvalue weighted by atomic mass is 10.0. The first kappa shape index (κ1) is 17.2. The molecule has 2 aliphatic rings. The lowest BCUT2D eigenvalue weighted by Crippen LogP contribution is -2.34. The van der Waals surface area contributed by atoms with Crippen LogP contribution in [0.3, 0.4) is 0 Å². The van der Waals surface area contributed by atoms with Crippen LogP contribution in [-0.4, -0.2) is 51.5 Å². The summed E-state index contributed by atoms with van der Waals surface area (Å²) in [6, 6.07) is 14.2. The number of likely N-dealkylation sites (tertiary alicyclic amines) is 1. The van der Waals surface area contributed by atoms with E-state index in [1.165, 1.54) is 5.52 Å². The average Bonchev–Trinajstić information content (AvgIpc) is 3.38. The number of hydrogen-bond donors (Lipinski definition) is 0.